The van der Waals surface area contributed by atoms with Gasteiger partial charge in [-0.2, -0.15) is 5.10 Å². The third-order valence-electron chi connectivity index (χ3n) is 0.886. The summed E-state index contributed by atoms with van der Waals surface area (Å²) in [5.74, 6) is 0.130. The van der Waals surface area contributed by atoms with Crippen molar-refractivity contribution in [2.75, 3.05) is 11.5 Å². The van der Waals surface area contributed by atoms with Gasteiger partial charge in [0.05, 0.1) is 0 Å². The van der Waals surface area contributed by atoms with Gasteiger partial charge in [0.1, 0.15) is 0 Å². The second-order valence-corrected chi connectivity index (χ2v) is 1.46. The SMILES string of the molecule is Nc1n[nH]c(N)c1N=O. The summed E-state index contributed by atoms with van der Waals surface area (Å²) in [4.78, 5) is 9.84. The molecule has 0 saturated heterocycles. The Labute approximate surface area is 50.2 Å². The van der Waals surface area contributed by atoms with Gasteiger partial charge in [0, 0.05) is 0 Å². The van der Waals surface area contributed by atoms with Crippen molar-refractivity contribution < 1.29 is 0 Å². The standard InChI is InChI=1S/C3H5N5O/c4-2-1(8-9)3(5)7-6-2/h(H5,4,5,6,7). The van der Waals surface area contributed by atoms with Crippen LogP contribution in [0, 0.1) is 4.91 Å². The molecule has 0 aliphatic heterocycles. The number of rotatable bonds is 1. The Morgan fingerprint density at radius 2 is 2.22 bits per heavy atom. The summed E-state index contributed by atoms with van der Waals surface area (Å²) < 4.78 is 0. The van der Waals surface area contributed by atoms with Crippen LogP contribution in [-0.4, -0.2) is 10.2 Å². The van der Waals surface area contributed by atoms with Gasteiger partial charge < -0.3 is 11.5 Å². The van der Waals surface area contributed by atoms with Crippen molar-refractivity contribution >= 4 is 17.3 Å². The summed E-state index contributed by atoms with van der Waals surface area (Å²) in [6.45, 7) is 0. The number of aromatic amines is 1. The fraction of sp³-hybridized carbons (Fsp3) is 0. The smallest absolute Gasteiger partial charge is 0.193 e. The molecule has 0 aliphatic carbocycles. The molecule has 1 aromatic heterocycles. The molecule has 0 radical (unpaired) electrons. The largest absolute Gasteiger partial charge is 0.382 e. The van der Waals surface area contributed by atoms with Crippen LogP contribution in [0.1, 0.15) is 0 Å². The van der Waals surface area contributed by atoms with E-state index in [1.165, 1.54) is 0 Å². The van der Waals surface area contributed by atoms with E-state index in [9.17, 15) is 4.91 Å². The molecule has 0 bridgehead atoms. The predicted octanol–water partition coefficient (Wildman–Crippen LogP) is -0.0280. The van der Waals surface area contributed by atoms with Gasteiger partial charge >= 0.3 is 0 Å². The number of nitrogens with zero attached hydrogens (tertiary/aromatic N) is 2. The molecule has 0 atom stereocenters. The van der Waals surface area contributed by atoms with Crippen LogP contribution in [0.5, 0.6) is 0 Å². The van der Waals surface area contributed by atoms with Crippen molar-refractivity contribution in [3.05, 3.63) is 4.91 Å². The molecule has 0 amide bonds. The monoisotopic (exact) mass is 127 g/mol. The maximum absolute atomic E-state index is 9.84. The third kappa shape index (κ3) is 0.693. The molecular weight excluding hydrogens is 122 g/mol. The van der Waals surface area contributed by atoms with Crippen molar-refractivity contribution in [2.24, 2.45) is 5.18 Å². The molecule has 0 unspecified atom stereocenters. The van der Waals surface area contributed by atoms with Crippen LogP contribution in [0.2, 0.25) is 0 Å². The summed E-state index contributed by atoms with van der Waals surface area (Å²) in [5, 5.41) is 8.25. The molecule has 9 heavy (non-hydrogen) atoms. The van der Waals surface area contributed by atoms with Gasteiger partial charge in [-0.25, -0.2) is 0 Å². The number of anilines is 2. The Bertz CT molecular complexity index is 209. The van der Waals surface area contributed by atoms with Crippen molar-refractivity contribution in [3.63, 3.8) is 0 Å². The number of aromatic nitrogens is 2. The molecule has 0 spiro atoms. The third-order valence-corrected chi connectivity index (χ3v) is 0.886. The molecule has 6 nitrogen and oxygen atoms in total. The quantitative estimate of drug-likeness (QED) is 0.460. The summed E-state index contributed by atoms with van der Waals surface area (Å²) >= 11 is 0. The van der Waals surface area contributed by atoms with E-state index in [1.54, 1.807) is 0 Å². The zero-order valence-electron chi connectivity index (χ0n) is 4.46. The lowest BCUT2D eigenvalue weighted by Gasteiger charge is -1.81. The molecule has 0 aromatic carbocycles. The van der Waals surface area contributed by atoms with E-state index in [0.29, 0.717) is 0 Å². The number of H-pyrrole nitrogens is 1. The van der Waals surface area contributed by atoms with Gasteiger partial charge in [-0.05, 0) is 5.18 Å². The van der Waals surface area contributed by atoms with Gasteiger partial charge in [0.15, 0.2) is 17.3 Å². The highest BCUT2D eigenvalue weighted by atomic mass is 16.3. The fourth-order valence-corrected chi connectivity index (χ4v) is 0.460. The topological polar surface area (TPSA) is 110 Å². The van der Waals surface area contributed by atoms with E-state index in [2.05, 4.69) is 15.4 Å². The summed E-state index contributed by atoms with van der Waals surface area (Å²) in [7, 11) is 0. The minimum absolute atomic E-state index is 0.0185. The molecular formula is C3H5N5O. The predicted molar refractivity (Wildman–Crippen MR) is 32.9 cm³/mol. The zero-order valence-corrected chi connectivity index (χ0v) is 4.46. The van der Waals surface area contributed by atoms with Gasteiger partial charge in [-0.3, -0.25) is 5.10 Å². The van der Waals surface area contributed by atoms with Crippen molar-refractivity contribution in [1.82, 2.24) is 10.2 Å². The Morgan fingerprint density at radius 3 is 2.44 bits per heavy atom. The van der Waals surface area contributed by atoms with Gasteiger partial charge in [-0.1, -0.05) is 0 Å². The van der Waals surface area contributed by atoms with Crippen molar-refractivity contribution in [3.8, 4) is 0 Å². The highest BCUT2D eigenvalue weighted by Crippen LogP contribution is 2.24. The molecule has 0 aliphatic rings. The fourth-order valence-electron chi connectivity index (χ4n) is 0.460. The minimum Gasteiger partial charge on any atom is -0.382 e. The molecule has 1 rings (SSSR count). The van der Waals surface area contributed by atoms with Crippen molar-refractivity contribution in [1.29, 1.82) is 0 Å². The first-order valence-corrected chi connectivity index (χ1v) is 2.18. The average molecular weight is 127 g/mol. The van der Waals surface area contributed by atoms with E-state index in [1.807, 2.05) is 0 Å². The summed E-state index contributed by atoms with van der Waals surface area (Å²) in [5.41, 5.74) is 10.3. The number of hydrogen-bond acceptors (Lipinski definition) is 5. The van der Waals surface area contributed by atoms with Crippen LogP contribution in [0.25, 0.3) is 0 Å². The molecule has 1 aromatic rings. The molecule has 0 fully saturated rings. The molecule has 5 N–H and O–H groups in total. The maximum Gasteiger partial charge on any atom is 0.193 e. The lowest BCUT2D eigenvalue weighted by molar-refractivity contribution is 1.11. The lowest BCUT2D eigenvalue weighted by Crippen LogP contribution is -1.83. The Kier molecular flexibility index (Phi) is 1.07. The normalized spacial score (nSPS) is 9.33. The Morgan fingerprint density at radius 1 is 1.56 bits per heavy atom. The van der Waals surface area contributed by atoms with Gasteiger partial charge in [0.2, 0.25) is 0 Å². The number of nitrogens with one attached hydrogen (secondary N) is 1. The highest BCUT2D eigenvalue weighted by Gasteiger charge is 2.05. The minimum atomic E-state index is -0.0185. The second-order valence-electron chi connectivity index (χ2n) is 1.46. The maximum atomic E-state index is 9.84. The van der Waals surface area contributed by atoms with Gasteiger partial charge in [0.25, 0.3) is 0 Å². The Hall–Kier alpha value is -1.59. The van der Waals surface area contributed by atoms with E-state index in [4.69, 9.17) is 11.5 Å². The van der Waals surface area contributed by atoms with Crippen LogP contribution >= 0.6 is 0 Å². The van der Waals surface area contributed by atoms with E-state index in [-0.39, 0.29) is 17.3 Å². The average Bonchev–Trinajstić information content (AvgIpc) is 2.12. The lowest BCUT2D eigenvalue weighted by atomic mass is 10.5. The number of nitrogens with two attached hydrogens (primary N) is 2. The highest BCUT2D eigenvalue weighted by molar-refractivity contribution is 5.70. The van der Waals surface area contributed by atoms with Crippen LogP contribution in [0.3, 0.4) is 0 Å². The number of hydrogen-bond donors (Lipinski definition) is 3. The van der Waals surface area contributed by atoms with E-state index < -0.39 is 0 Å². The summed E-state index contributed by atoms with van der Waals surface area (Å²) in [6, 6.07) is 0. The first kappa shape index (κ1) is 5.54. The molecule has 48 valence electrons. The van der Waals surface area contributed by atoms with Gasteiger partial charge in [-0.15, -0.1) is 4.91 Å². The Balaban J connectivity index is 3.22. The second kappa shape index (κ2) is 1.73. The zero-order chi connectivity index (χ0) is 6.85. The van der Waals surface area contributed by atoms with Crippen LogP contribution in [-0.2, 0) is 0 Å². The number of nitroso groups, excluding NO2 is 1. The first-order valence-electron chi connectivity index (χ1n) is 2.18. The first-order chi connectivity index (χ1) is 4.25. The van der Waals surface area contributed by atoms with Crippen LogP contribution in [0.4, 0.5) is 17.3 Å². The van der Waals surface area contributed by atoms with Crippen molar-refractivity contribution in [2.45, 2.75) is 0 Å². The van der Waals surface area contributed by atoms with Crippen LogP contribution < -0.4 is 11.5 Å². The number of nitrogen functional groups attached to an aromatic ring is 2. The molecule has 6 heteroatoms. The van der Waals surface area contributed by atoms with E-state index >= 15 is 0 Å². The molecule has 0 saturated carbocycles. The van der Waals surface area contributed by atoms with Crippen LogP contribution in [0.15, 0.2) is 5.18 Å². The molecule has 1 heterocycles. The van der Waals surface area contributed by atoms with E-state index in [0.717, 1.165) is 0 Å². The summed E-state index contributed by atoms with van der Waals surface area (Å²) in [6.07, 6.45) is 0.